The second kappa shape index (κ2) is 4.49. The topological polar surface area (TPSA) is 24.1 Å². The van der Waals surface area contributed by atoms with Gasteiger partial charge in [0.1, 0.15) is 0 Å². The summed E-state index contributed by atoms with van der Waals surface area (Å²) in [6.45, 7) is 2.51. The predicted octanol–water partition coefficient (Wildman–Crippen LogP) is 2.69. The summed E-state index contributed by atoms with van der Waals surface area (Å²) in [5.74, 6) is 3.23. The second-order valence-electron chi connectivity index (χ2n) is 7.71. The van der Waals surface area contributed by atoms with Crippen LogP contribution in [0, 0.1) is 17.8 Å². The van der Waals surface area contributed by atoms with E-state index in [0.29, 0.717) is 5.54 Å². The van der Waals surface area contributed by atoms with Gasteiger partial charge in [0.15, 0.2) is 0 Å². The Bertz CT molecular complexity index is 271. The van der Waals surface area contributed by atoms with Crippen molar-refractivity contribution in [2.45, 2.75) is 69.4 Å². The molecule has 5 aliphatic rings. The largest absolute Gasteiger partial charge is 0.314 e. The zero-order valence-electron chi connectivity index (χ0n) is 11.6. The highest BCUT2D eigenvalue weighted by Gasteiger charge is 2.50. The van der Waals surface area contributed by atoms with Crippen molar-refractivity contribution < 1.29 is 0 Å². The van der Waals surface area contributed by atoms with Gasteiger partial charge in [-0.05, 0) is 88.6 Å². The van der Waals surface area contributed by atoms with Gasteiger partial charge in [-0.2, -0.15) is 0 Å². The molecule has 4 bridgehead atoms. The first kappa shape index (κ1) is 11.7. The summed E-state index contributed by atoms with van der Waals surface area (Å²) in [5.41, 5.74) is 0.577. The zero-order valence-corrected chi connectivity index (χ0v) is 11.6. The van der Waals surface area contributed by atoms with E-state index < -0.39 is 0 Å². The van der Waals surface area contributed by atoms with Gasteiger partial charge in [-0.25, -0.2) is 0 Å². The Labute approximate surface area is 111 Å². The summed E-state index contributed by atoms with van der Waals surface area (Å²) in [6.07, 6.45) is 13.3. The molecule has 4 aliphatic carbocycles. The molecule has 1 aliphatic heterocycles. The zero-order chi connectivity index (χ0) is 12.0. The van der Waals surface area contributed by atoms with Gasteiger partial charge in [0, 0.05) is 11.6 Å². The van der Waals surface area contributed by atoms with Crippen LogP contribution in [-0.2, 0) is 0 Å². The van der Waals surface area contributed by atoms with Gasteiger partial charge in [-0.1, -0.05) is 0 Å². The molecule has 0 aromatic carbocycles. The highest BCUT2D eigenvalue weighted by molar-refractivity contribution is 5.06. The van der Waals surface area contributed by atoms with Crippen LogP contribution in [0.4, 0.5) is 0 Å². The molecule has 18 heavy (non-hydrogen) atoms. The lowest BCUT2D eigenvalue weighted by Crippen LogP contribution is -2.58. The molecule has 0 amide bonds. The predicted molar refractivity (Wildman–Crippen MR) is 74.5 cm³/mol. The fraction of sp³-hybridized carbons (Fsp3) is 1.00. The van der Waals surface area contributed by atoms with Crippen LogP contribution in [-0.4, -0.2) is 24.7 Å². The van der Waals surface area contributed by atoms with Gasteiger partial charge in [-0.15, -0.1) is 0 Å². The Morgan fingerprint density at radius 1 is 1.00 bits per heavy atom. The minimum absolute atomic E-state index is 0.577. The van der Waals surface area contributed by atoms with Crippen molar-refractivity contribution in [3.63, 3.8) is 0 Å². The van der Waals surface area contributed by atoms with E-state index >= 15 is 0 Å². The van der Waals surface area contributed by atoms with E-state index in [4.69, 9.17) is 0 Å². The third-order valence-electron chi connectivity index (χ3n) is 6.19. The molecule has 0 aromatic heterocycles. The lowest BCUT2D eigenvalue weighted by Gasteiger charge is -2.57. The van der Waals surface area contributed by atoms with E-state index in [1.165, 1.54) is 51.6 Å². The van der Waals surface area contributed by atoms with Crippen LogP contribution in [0.1, 0.15) is 57.8 Å². The van der Waals surface area contributed by atoms with E-state index in [1.54, 1.807) is 19.3 Å². The molecule has 0 spiro atoms. The highest BCUT2D eigenvalue weighted by atomic mass is 15.0. The summed E-state index contributed by atoms with van der Waals surface area (Å²) in [7, 11) is 0. The van der Waals surface area contributed by atoms with Crippen molar-refractivity contribution in [2.75, 3.05) is 13.1 Å². The van der Waals surface area contributed by atoms with Crippen LogP contribution in [0.3, 0.4) is 0 Å². The molecular formula is C16H28N2. The summed E-state index contributed by atoms with van der Waals surface area (Å²) < 4.78 is 0. The quantitative estimate of drug-likeness (QED) is 0.799. The molecule has 2 heteroatoms. The molecule has 5 rings (SSSR count). The smallest absolute Gasteiger partial charge is 0.0189 e. The Morgan fingerprint density at radius 3 is 2.22 bits per heavy atom. The number of hydrogen-bond acceptors (Lipinski definition) is 2. The third kappa shape index (κ3) is 2.12. The minimum Gasteiger partial charge on any atom is -0.314 e. The molecule has 5 fully saturated rings. The Balaban J connectivity index is 1.33. The van der Waals surface area contributed by atoms with Crippen molar-refractivity contribution in [1.29, 1.82) is 0 Å². The molecule has 1 unspecified atom stereocenters. The maximum Gasteiger partial charge on any atom is 0.0189 e. The van der Waals surface area contributed by atoms with E-state index in [9.17, 15) is 0 Å². The van der Waals surface area contributed by atoms with Crippen LogP contribution in [0.5, 0.6) is 0 Å². The summed E-state index contributed by atoms with van der Waals surface area (Å²) >= 11 is 0. The SMILES string of the molecule is C1CNC(CCNC23CC4CC(CC(C4)C2)C3)C1. The van der Waals surface area contributed by atoms with Crippen LogP contribution in [0.2, 0.25) is 0 Å². The maximum atomic E-state index is 4.01. The molecule has 0 radical (unpaired) electrons. The summed E-state index contributed by atoms with van der Waals surface area (Å²) in [6, 6.07) is 0.811. The number of rotatable bonds is 4. The molecule has 4 saturated carbocycles. The van der Waals surface area contributed by atoms with E-state index in [-0.39, 0.29) is 0 Å². The lowest BCUT2D eigenvalue weighted by atomic mass is 9.53. The van der Waals surface area contributed by atoms with Gasteiger partial charge in [0.25, 0.3) is 0 Å². The Morgan fingerprint density at radius 2 is 1.67 bits per heavy atom. The molecule has 1 saturated heterocycles. The molecular weight excluding hydrogens is 220 g/mol. The highest BCUT2D eigenvalue weighted by Crippen LogP contribution is 2.55. The fourth-order valence-electron chi connectivity index (χ4n) is 5.84. The first-order chi connectivity index (χ1) is 8.81. The van der Waals surface area contributed by atoms with Crippen LogP contribution in [0.25, 0.3) is 0 Å². The summed E-state index contributed by atoms with van der Waals surface area (Å²) in [5, 5.41) is 7.64. The Hall–Kier alpha value is -0.0800. The first-order valence-corrected chi connectivity index (χ1v) is 8.30. The normalized spacial score (nSPS) is 50.0. The van der Waals surface area contributed by atoms with Crippen LogP contribution < -0.4 is 10.6 Å². The van der Waals surface area contributed by atoms with Crippen molar-refractivity contribution in [3.8, 4) is 0 Å². The van der Waals surface area contributed by atoms with Crippen molar-refractivity contribution >= 4 is 0 Å². The van der Waals surface area contributed by atoms with Gasteiger partial charge in [-0.3, -0.25) is 0 Å². The van der Waals surface area contributed by atoms with E-state index in [1.807, 2.05) is 0 Å². The maximum absolute atomic E-state index is 4.01. The molecule has 0 aromatic rings. The van der Waals surface area contributed by atoms with Gasteiger partial charge < -0.3 is 10.6 Å². The Kier molecular flexibility index (Phi) is 2.92. The van der Waals surface area contributed by atoms with E-state index in [2.05, 4.69) is 10.6 Å². The fourth-order valence-corrected chi connectivity index (χ4v) is 5.84. The molecule has 1 heterocycles. The standard InChI is InChI=1S/C16H28N2/c1-2-15(17-4-1)3-5-18-16-9-12-6-13(10-16)8-14(7-12)11-16/h12-15,17-18H,1-11H2. The minimum atomic E-state index is 0.577. The van der Waals surface area contributed by atoms with Crippen LogP contribution in [0.15, 0.2) is 0 Å². The van der Waals surface area contributed by atoms with Crippen molar-refractivity contribution in [1.82, 2.24) is 10.6 Å². The molecule has 2 N–H and O–H groups in total. The lowest BCUT2D eigenvalue weighted by molar-refractivity contribution is -0.0197. The first-order valence-electron chi connectivity index (χ1n) is 8.30. The van der Waals surface area contributed by atoms with E-state index in [0.717, 1.165) is 23.8 Å². The van der Waals surface area contributed by atoms with Gasteiger partial charge in [0.05, 0.1) is 0 Å². The monoisotopic (exact) mass is 248 g/mol. The molecule has 1 atom stereocenters. The van der Waals surface area contributed by atoms with Gasteiger partial charge >= 0.3 is 0 Å². The van der Waals surface area contributed by atoms with Gasteiger partial charge in [0.2, 0.25) is 0 Å². The number of hydrogen-bond donors (Lipinski definition) is 2. The average molecular weight is 248 g/mol. The number of nitrogens with one attached hydrogen (secondary N) is 2. The van der Waals surface area contributed by atoms with Crippen molar-refractivity contribution in [3.05, 3.63) is 0 Å². The summed E-state index contributed by atoms with van der Waals surface area (Å²) in [4.78, 5) is 0. The van der Waals surface area contributed by atoms with Crippen LogP contribution >= 0.6 is 0 Å². The second-order valence-corrected chi connectivity index (χ2v) is 7.71. The molecule has 102 valence electrons. The third-order valence-corrected chi connectivity index (χ3v) is 6.19. The average Bonchev–Trinajstić information content (AvgIpc) is 2.79. The molecule has 2 nitrogen and oxygen atoms in total. The van der Waals surface area contributed by atoms with Crippen molar-refractivity contribution in [2.24, 2.45) is 17.8 Å².